The number of carbonyl (C=O) groups is 1. The third kappa shape index (κ3) is 3.66. The topological polar surface area (TPSA) is 62.1 Å². The molecule has 3 atom stereocenters. The molecule has 1 fully saturated rings. The van der Waals surface area contributed by atoms with Crippen LogP contribution in [-0.2, 0) is 14.9 Å². The normalized spacial score (nSPS) is 24.0. The van der Waals surface area contributed by atoms with Gasteiger partial charge in [-0.05, 0) is 31.7 Å². The van der Waals surface area contributed by atoms with Crippen molar-refractivity contribution in [2.45, 2.75) is 44.1 Å². The summed E-state index contributed by atoms with van der Waals surface area (Å²) < 4.78 is 5.02. The minimum Gasteiger partial charge on any atom is -0.468 e. The highest BCUT2D eigenvalue weighted by Crippen LogP contribution is 2.27. The van der Waals surface area contributed by atoms with E-state index in [4.69, 9.17) is 10.00 Å². The molecule has 0 amide bonds. The second kappa shape index (κ2) is 7.42. The van der Waals surface area contributed by atoms with E-state index < -0.39 is 5.41 Å². The number of ether oxygens (including phenoxy) is 1. The summed E-state index contributed by atoms with van der Waals surface area (Å²) in [6, 6.07) is 12.4. The molecule has 22 heavy (non-hydrogen) atoms. The first-order valence-electron chi connectivity index (χ1n) is 7.87. The molecule has 1 aromatic rings. The van der Waals surface area contributed by atoms with Crippen LogP contribution in [0.3, 0.4) is 0 Å². The van der Waals surface area contributed by atoms with Crippen molar-refractivity contribution in [1.29, 1.82) is 5.26 Å². The zero-order valence-corrected chi connectivity index (χ0v) is 13.3. The molecule has 0 heterocycles. The summed E-state index contributed by atoms with van der Waals surface area (Å²) in [6.45, 7) is 2.43. The number of hydrogen-bond donors (Lipinski definition) is 1. The number of hydrogen-bond acceptors (Lipinski definition) is 4. The molecule has 0 unspecified atom stereocenters. The molecule has 1 aromatic carbocycles. The van der Waals surface area contributed by atoms with Crippen molar-refractivity contribution in [3.05, 3.63) is 35.9 Å². The van der Waals surface area contributed by atoms with Gasteiger partial charge in [-0.25, -0.2) is 0 Å². The van der Waals surface area contributed by atoms with Gasteiger partial charge in [-0.1, -0.05) is 36.8 Å². The smallest absolute Gasteiger partial charge is 0.317 e. The number of methoxy groups -OCH3 is 1. The Balaban J connectivity index is 2.08. The number of carbonyl (C=O) groups excluding carboxylic acids is 1. The highest BCUT2D eigenvalue weighted by atomic mass is 16.5. The number of esters is 1. The summed E-state index contributed by atoms with van der Waals surface area (Å²) in [5, 5.41) is 12.6. The Morgan fingerprint density at radius 1 is 1.41 bits per heavy atom. The highest BCUT2D eigenvalue weighted by Gasteiger charge is 2.37. The molecule has 2 rings (SSSR count). The van der Waals surface area contributed by atoms with Crippen LogP contribution in [0, 0.1) is 17.2 Å². The van der Waals surface area contributed by atoms with Gasteiger partial charge in [-0.2, -0.15) is 5.26 Å². The standard InChI is InChI=1S/C18H24N2O2/c1-18(17(21)22-2,15-8-4-3-5-9-15)13-20-16-10-6-7-14(11-16)12-19/h3-5,8-9,14,16,20H,6-7,10-11,13H2,1-2H3/t14-,16+,18-/m1/s1. The van der Waals surface area contributed by atoms with Gasteiger partial charge in [0.05, 0.1) is 13.2 Å². The molecule has 0 spiro atoms. The Morgan fingerprint density at radius 2 is 2.14 bits per heavy atom. The predicted octanol–water partition coefficient (Wildman–Crippen LogP) is 2.79. The Hall–Kier alpha value is -1.86. The molecular weight excluding hydrogens is 276 g/mol. The zero-order valence-electron chi connectivity index (χ0n) is 13.3. The Bertz CT molecular complexity index is 538. The minimum atomic E-state index is -0.713. The van der Waals surface area contributed by atoms with Crippen LogP contribution in [0.1, 0.15) is 38.2 Å². The van der Waals surface area contributed by atoms with Gasteiger partial charge < -0.3 is 10.1 Å². The second-order valence-electron chi connectivity index (χ2n) is 6.26. The van der Waals surface area contributed by atoms with Gasteiger partial charge in [0, 0.05) is 18.5 Å². The molecule has 0 aliphatic heterocycles. The molecule has 1 N–H and O–H groups in total. The van der Waals surface area contributed by atoms with Crippen LogP contribution in [0.25, 0.3) is 0 Å². The number of nitrogens with one attached hydrogen (secondary N) is 1. The Labute approximate surface area is 132 Å². The summed E-state index contributed by atoms with van der Waals surface area (Å²) in [5.74, 6) is -0.105. The van der Waals surface area contributed by atoms with E-state index in [1.807, 2.05) is 37.3 Å². The van der Waals surface area contributed by atoms with Crippen molar-refractivity contribution in [2.75, 3.05) is 13.7 Å². The van der Waals surface area contributed by atoms with Crippen molar-refractivity contribution in [3.63, 3.8) is 0 Å². The minimum absolute atomic E-state index is 0.132. The lowest BCUT2D eigenvalue weighted by Crippen LogP contribution is -2.47. The van der Waals surface area contributed by atoms with Gasteiger partial charge >= 0.3 is 5.97 Å². The van der Waals surface area contributed by atoms with Crippen LogP contribution in [-0.4, -0.2) is 25.7 Å². The molecular formula is C18H24N2O2. The van der Waals surface area contributed by atoms with Crippen LogP contribution in [0.2, 0.25) is 0 Å². The first-order chi connectivity index (χ1) is 10.6. The Kier molecular flexibility index (Phi) is 5.57. The molecule has 1 aliphatic carbocycles. The maximum absolute atomic E-state index is 12.3. The molecule has 1 saturated carbocycles. The van der Waals surface area contributed by atoms with Crippen molar-refractivity contribution in [1.82, 2.24) is 5.32 Å². The van der Waals surface area contributed by atoms with Crippen molar-refractivity contribution >= 4 is 5.97 Å². The van der Waals surface area contributed by atoms with Gasteiger partial charge in [0.15, 0.2) is 0 Å². The first kappa shape index (κ1) is 16.5. The first-order valence-corrected chi connectivity index (χ1v) is 7.87. The van der Waals surface area contributed by atoms with E-state index >= 15 is 0 Å². The van der Waals surface area contributed by atoms with Gasteiger partial charge in [0.2, 0.25) is 0 Å². The fourth-order valence-corrected chi connectivity index (χ4v) is 3.16. The Morgan fingerprint density at radius 3 is 2.77 bits per heavy atom. The SMILES string of the molecule is COC(=O)[C@](C)(CN[C@H]1CCC[C@@H](C#N)C1)c1ccccc1. The quantitative estimate of drug-likeness (QED) is 0.849. The van der Waals surface area contributed by atoms with E-state index in [0.717, 1.165) is 31.2 Å². The molecule has 0 saturated heterocycles. The second-order valence-corrected chi connectivity index (χ2v) is 6.26. The number of nitrogens with zero attached hydrogens (tertiary/aromatic N) is 1. The van der Waals surface area contributed by atoms with Crippen LogP contribution < -0.4 is 5.32 Å². The third-order valence-corrected chi connectivity index (χ3v) is 4.65. The summed E-state index contributed by atoms with van der Waals surface area (Å²) in [4.78, 5) is 12.3. The van der Waals surface area contributed by atoms with E-state index in [1.165, 1.54) is 7.11 Å². The number of benzene rings is 1. The average molecular weight is 300 g/mol. The fourth-order valence-electron chi connectivity index (χ4n) is 3.16. The molecule has 118 valence electrons. The van der Waals surface area contributed by atoms with Crippen molar-refractivity contribution in [3.8, 4) is 6.07 Å². The monoisotopic (exact) mass is 300 g/mol. The van der Waals surface area contributed by atoms with Gasteiger partial charge in [-0.15, -0.1) is 0 Å². The largest absolute Gasteiger partial charge is 0.468 e. The van der Waals surface area contributed by atoms with E-state index in [2.05, 4.69) is 11.4 Å². The maximum atomic E-state index is 12.3. The van der Waals surface area contributed by atoms with E-state index in [0.29, 0.717) is 12.6 Å². The maximum Gasteiger partial charge on any atom is 0.317 e. The molecule has 0 radical (unpaired) electrons. The van der Waals surface area contributed by atoms with E-state index in [1.54, 1.807) is 0 Å². The molecule has 4 nitrogen and oxygen atoms in total. The lowest BCUT2D eigenvalue weighted by molar-refractivity contribution is -0.146. The number of nitriles is 1. The lowest BCUT2D eigenvalue weighted by atomic mass is 9.81. The van der Waals surface area contributed by atoms with Crippen molar-refractivity contribution < 1.29 is 9.53 Å². The average Bonchev–Trinajstić information content (AvgIpc) is 2.59. The summed E-state index contributed by atoms with van der Waals surface area (Å²) in [5.41, 5.74) is 0.234. The summed E-state index contributed by atoms with van der Waals surface area (Å²) in [7, 11) is 1.43. The van der Waals surface area contributed by atoms with Crippen LogP contribution in [0.5, 0.6) is 0 Å². The molecule has 4 heteroatoms. The number of rotatable bonds is 5. The summed E-state index contributed by atoms with van der Waals surface area (Å²) in [6.07, 6.45) is 3.98. The van der Waals surface area contributed by atoms with Gasteiger partial charge in [0.1, 0.15) is 5.41 Å². The molecule has 0 aromatic heterocycles. The van der Waals surface area contributed by atoms with Crippen LogP contribution in [0.15, 0.2) is 30.3 Å². The van der Waals surface area contributed by atoms with Crippen LogP contribution >= 0.6 is 0 Å². The van der Waals surface area contributed by atoms with Gasteiger partial charge in [0.25, 0.3) is 0 Å². The van der Waals surface area contributed by atoms with E-state index in [-0.39, 0.29) is 11.9 Å². The van der Waals surface area contributed by atoms with Gasteiger partial charge in [-0.3, -0.25) is 4.79 Å². The molecule has 1 aliphatic rings. The fraction of sp³-hybridized carbons (Fsp3) is 0.556. The predicted molar refractivity (Wildman–Crippen MR) is 85.2 cm³/mol. The van der Waals surface area contributed by atoms with Crippen LogP contribution in [0.4, 0.5) is 0 Å². The van der Waals surface area contributed by atoms with Crippen molar-refractivity contribution in [2.24, 2.45) is 5.92 Å². The summed E-state index contributed by atoms with van der Waals surface area (Å²) >= 11 is 0. The lowest BCUT2D eigenvalue weighted by Gasteiger charge is -2.32. The molecule has 0 bridgehead atoms. The zero-order chi connectivity index (χ0) is 16.0. The highest BCUT2D eigenvalue weighted by molar-refractivity contribution is 5.83. The third-order valence-electron chi connectivity index (χ3n) is 4.65. The van der Waals surface area contributed by atoms with E-state index in [9.17, 15) is 4.79 Å².